The molecular weight excluding hydrogens is 454 g/mol. The summed E-state index contributed by atoms with van der Waals surface area (Å²) in [6, 6.07) is 8.65. The molecular formula is C21H23N3O4S3. The highest BCUT2D eigenvalue weighted by atomic mass is 32.2. The fourth-order valence-electron chi connectivity index (χ4n) is 3.47. The molecule has 0 spiro atoms. The van der Waals surface area contributed by atoms with Crippen LogP contribution in [0.25, 0.3) is 9.88 Å². The molecule has 1 saturated heterocycles. The lowest BCUT2D eigenvalue weighted by Crippen LogP contribution is -2.35. The molecule has 3 heterocycles. The van der Waals surface area contributed by atoms with Crippen LogP contribution in [-0.2, 0) is 21.2 Å². The molecule has 0 radical (unpaired) electrons. The number of carbonyl (C=O) groups excluding carboxylic acids is 1. The number of hydrogen-bond acceptors (Lipinski definition) is 7. The summed E-state index contributed by atoms with van der Waals surface area (Å²) in [5.41, 5.74) is 1.09. The Hall–Kier alpha value is -2.27. The van der Waals surface area contributed by atoms with Crippen LogP contribution < -0.4 is 10.1 Å². The number of anilines is 1. The number of aromatic nitrogens is 1. The number of rotatable bonds is 7. The van der Waals surface area contributed by atoms with Crippen LogP contribution in [0.15, 0.2) is 46.0 Å². The van der Waals surface area contributed by atoms with E-state index in [1.807, 2.05) is 22.9 Å². The van der Waals surface area contributed by atoms with Crippen molar-refractivity contribution in [2.24, 2.45) is 0 Å². The molecule has 164 valence electrons. The van der Waals surface area contributed by atoms with E-state index in [1.165, 1.54) is 28.8 Å². The van der Waals surface area contributed by atoms with Gasteiger partial charge in [0.2, 0.25) is 15.9 Å². The summed E-state index contributed by atoms with van der Waals surface area (Å²) in [5, 5.41) is 7.54. The maximum absolute atomic E-state index is 13.1. The van der Waals surface area contributed by atoms with Crippen molar-refractivity contribution >= 4 is 44.3 Å². The molecule has 10 heteroatoms. The van der Waals surface area contributed by atoms with Gasteiger partial charge < -0.3 is 10.1 Å². The van der Waals surface area contributed by atoms with Crippen molar-refractivity contribution in [1.82, 2.24) is 9.29 Å². The summed E-state index contributed by atoms with van der Waals surface area (Å²) < 4.78 is 33.1. The minimum absolute atomic E-state index is 0.0725. The van der Waals surface area contributed by atoms with Gasteiger partial charge in [0.1, 0.15) is 15.7 Å². The van der Waals surface area contributed by atoms with Crippen LogP contribution in [0.1, 0.15) is 25.0 Å². The van der Waals surface area contributed by atoms with Crippen LogP contribution in [0.3, 0.4) is 0 Å². The standard InChI is InChI=1S/C21H23N3O4S3/c1-28-17-8-7-15(12-19(17)31(26,27)24-9-3-2-4-10-24)22-20(25)13-16-14-30-21(23-16)18-6-5-11-29-18/h5-8,11-12,14H,2-4,9-10,13H2,1H3,(H,22,25). The molecule has 0 saturated carbocycles. The van der Waals surface area contributed by atoms with E-state index in [9.17, 15) is 13.2 Å². The summed E-state index contributed by atoms with van der Waals surface area (Å²) in [6.45, 7) is 0.997. The third-order valence-electron chi connectivity index (χ3n) is 5.01. The van der Waals surface area contributed by atoms with Crippen molar-refractivity contribution in [3.63, 3.8) is 0 Å². The van der Waals surface area contributed by atoms with Crippen molar-refractivity contribution in [1.29, 1.82) is 0 Å². The Morgan fingerprint density at radius 1 is 1.19 bits per heavy atom. The first-order valence-electron chi connectivity index (χ1n) is 9.94. The number of amides is 1. The molecule has 1 amide bonds. The predicted molar refractivity (Wildman–Crippen MR) is 123 cm³/mol. The van der Waals surface area contributed by atoms with Gasteiger partial charge in [0, 0.05) is 24.2 Å². The van der Waals surface area contributed by atoms with Crippen molar-refractivity contribution in [3.8, 4) is 15.6 Å². The van der Waals surface area contributed by atoms with E-state index >= 15 is 0 Å². The Morgan fingerprint density at radius 3 is 2.71 bits per heavy atom. The van der Waals surface area contributed by atoms with Crippen LogP contribution in [0.5, 0.6) is 5.75 Å². The molecule has 1 aliphatic heterocycles. The van der Waals surface area contributed by atoms with Gasteiger partial charge in [0.15, 0.2) is 0 Å². The molecule has 1 aliphatic rings. The molecule has 31 heavy (non-hydrogen) atoms. The predicted octanol–water partition coefficient (Wildman–Crippen LogP) is 4.24. The van der Waals surface area contributed by atoms with E-state index in [2.05, 4.69) is 10.3 Å². The molecule has 0 aliphatic carbocycles. The minimum atomic E-state index is -3.70. The summed E-state index contributed by atoms with van der Waals surface area (Å²) >= 11 is 3.10. The van der Waals surface area contributed by atoms with E-state index in [4.69, 9.17) is 4.74 Å². The number of thiophene rings is 1. The Morgan fingerprint density at radius 2 is 2.00 bits per heavy atom. The smallest absolute Gasteiger partial charge is 0.246 e. The Balaban J connectivity index is 1.49. The fourth-order valence-corrected chi connectivity index (χ4v) is 6.80. The topological polar surface area (TPSA) is 88.6 Å². The van der Waals surface area contributed by atoms with Gasteiger partial charge in [-0.1, -0.05) is 12.5 Å². The van der Waals surface area contributed by atoms with Crippen LogP contribution in [0.2, 0.25) is 0 Å². The maximum Gasteiger partial charge on any atom is 0.246 e. The van der Waals surface area contributed by atoms with Crippen LogP contribution in [0, 0.1) is 0 Å². The number of ether oxygens (including phenoxy) is 1. The normalized spacial score (nSPS) is 15.0. The maximum atomic E-state index is 13.1. The molecule has 3 aromatic rings. The number of sulfonamides is 1. The van der Waals surface area contributed by atoms with E-state index in [-0.39, 0.29) is 23.0 Å². The molecule has 2 aromatic heterocycles. The number of benzene rings is 1. The van der Waals surface area contributed by atoms with Gasteiger partial charge in [0.05, 0.1) is 24.1 Å². The van der Waals surface area contributed by atoms with Gasteiger partial charge in [0.25, 0.3) is 0 Å². The molecule has 7 nitrogen and oxygen atoms in total. The summed E-state index contributed by atoms with van der Waals surface area (Å²) in [6.07, 6.45) is 2.84. The zero-order chi connectivity index (χ0) is 21.8. The zero-order valence-electron chi connectivity index (χ0n) is 17.0. The van der Waals surface area contributed by atoms with E-state index in [0.29, 0.717) is 24.5 Å². The van der Waals surface area contributed by atoms with Gasteiger partial charge in [-0.15, -0.1) is 22.7 Å². The van der Waals surface area contributed by atoms with Gasteiger partial charge >= 0.3 is 0 Å². The highest BCUT2D eigenvalue weighted by Crippen LogP contribution is 2.31. The molecule has 1 fully saturated rings. The molecule has 0 bridgehead atoms. The third-order valence-corrected chi connectivity index (χ3v) is 8.86. The first-order chi connectivity index (χ1) is 15.0. The van der Waals surface area contributed by atoms with Gasteiger partial charge in [-0.2, -0.15) is 4.31 Å². The monoisotopic (exact) mass is 477 g/mol. The van der Waals surface area contributed by atoms with Crippen LogP contribution in [0.4, 0.5) is 5.69 Å². The lowest BCUT2D eigenvalue weighted by atomic mass is 10.2. The van der Waals surface area contributed by atoms with Crippen molar-refractivity contribution < 1.29 is 17.9 Å². The highest BCUT2D eigenvalue weighted by molar-refractivity contribution is 7.89. The Bertz CT molecular complexity index is 1150. The SMILES string of the molecule is COc1ccc(NC(=O)Cc2csc(-c3cccs3)n2)cc1S(=O)(=O)N1CCCCC1. The van der Waals surface area contributed by atoms with E-state index in [0.717, 1.165) is 29.1 Å². The second kappa shape index (κ2) is 9.47. The first kappa shape index (κ1) is 21.9. The Kier molecular flexibility index (Phi) is 6.71. The van der Waals surface area contributed by atoms with Crippen LogP contribution in [-0.4, -0.2) is 43.8 Å². The number of carbonyl (C=O) groups is 1. The highest BCUT2D eigenvalue weighted by Gasteiger charge is 2.29. The summed E-state index contributed by atoms with van der Waals surface area (Å²) in [4.78, 5) is 18.2. The van der Waals surface area contributed by atoms with Crippen LogP contribution >= 0.6 is 22.7 Å². The third kappa shape index (κ3) is 4.98. The molecule has 0 unspecified atom stereocenters. The first-order valence-corrected chi connectivity index (χ1v) is 13.1. The van der Waals surface area contributed by atoms with Gasteiger partial charge in [-0.3, -0.25) is 4.79 Å². The van der Waals surface area contributed by atoms with Crippen molar-refractivity contribution in [3.05, 3.63) is 46.8 Å². The number of methoxy groups -OCH3 is 1. The number of nitrogens with zero attached hydrogens (tertiary/aromatic N) is 2. The summed E-state index contributed by atoms with van der Waals surface area (Å²) in [7, 11) is -2.26. The molecule has 1 aromatic carbocycles. The quantitative estimate of drug-likeness (QED) is 0.550. The molecule has 1 N–H and O–H groups in total. The largest absolute Gasteiger partial charge is 0.495 e. The van der Waals surface area contributed by atoms with Gasteiger partial charge in [-0.25, -0.2) is 13.4 Å². The van der Waals surface area contributed by atoms with E-state index in [1.54, 1.807) is 23.5 Å². The number of thiazole rings is 1. The Labute approximate surface area is 189 Å². The number of hydrogen-bond donors (Lipinski definition) is 1. The molecule has 0 atom stereocenters. The average molecular weight is 478 g/mol. The second-order valence-electron chi connectivity index (χ2n) is 7.18. The van der Waals surface area contributed by atoms with Gasteiger partial charge in [-0.05, 0) is 42.5 Å². The lowest BCUT2D eigenvalue weighted by Gasteiger charge is -2.26. The average Bonchev–Trinajstić information content (AvgIpc) is 3.46. The van der Waals surface area contributed by atoms with Crippen molar-refractivity contribution in [2.45, 2.75) is 30.6 Å². The number of nitrogens with one attached hydrogen (secondary N) is 1. The number of piperidine rings is 1. The lowest BCUT2D eigenvalue weighted by molar-refractivity contribution is -0.115. The van der Waals surface area contributed by atoms with E-state index < -0.39 is 10.0 Å². The fraction of sp³-hybridized carbons (Fsp3) is 0.333. The molecule has 4 rings (SSSR count). The second-order valence-corrected chi connectivity index (χ2v) is 10.9. The zero-order valence-corrected chi connectivity index (χ0v) is 19.5. The minimum Gasteiger partial charge on any atom is -0.495 e. The van der Waals surface area contributed by atoms with Crippen molar-refractivity contribution in [2.75, 3.05) is 25.5 Å². The summed E-state index contributed by atoms with van der Waals surface area (Å²) in [5.74, 6) is 0.0122.